The number of fused-ring (bicyclic) bond motifs is 1. The zero-order valence-electron chi connectivity index (χ0n) is 18.1. The molecule has 0 atom stereocenters. The summed E-state index contributed by atoms with van der Waals surface area (Å²) in [6.07, 6.45) is 1.74. The smallest absolute Gasteiger partial charge is 0.274 e. The van der Waals surface area contributed by atoms with Crippen molar-refractivity contribution in [3.05, 3.63) is 90.8 Å². The van der Waals surface area contributed by atoms with Gasteiger partial charge in [0.25, 0.3) is 5.91 Å². The number of para-hydroxylation sites is 1. The third-order valence-electron chi connectivity index (χ3n) is 5.06. The Hall–Kier alpha value is -4.14. The fourth-order valence-electron chi connectivity index (χ4n) is 3.49. The van der Waals surface area contributed by atoms with Gasteiger partial charge in [-0.2, -0.15) is 0 Å². The van der Waals surface area contributed by atoms with E-state index < -0.39 is 0 Å². The monoisotopic (exact) mass is 467 g/mol. The van der Waals surface area contributed by atoms with Crippen LogP contribution in [-0.2, 0) is 0 Å². The van der Waals surface area contributed by atoms with Crippen molar-refractivity contribution < 1.29 is 9.53 Å². The van der Waals surface area contributed by atoms with E-state index in [-0.39, 0.29) is 11.6 Å². The number of carbonyl (C=O) groups excluding carboxylic acids is 1. The highest BCUT2D eigenvalue weighted by Gasteiger charge is 2.16. The first-order valence-electron chi connectivity index (χ1n) is 10.7. The highest BCUT2D eigenvalue weighted by Crippen LogP contribution is 2.34. The van der Waals surface area contributed by atoms with Gasteiger partial charge >= 0.3 is 0 Å². The average molecular weight is 468 g/mol. The molecule has 0 aliphatic carbocycles. The molecule has 3 heterocycles. The van der Waals surface area contributed by atoms with E-state index in [1.54, 1.807) is 12.3 Å². The third kappa shape index (κ3) is 4.63. The second kappa shape index (κ2) is 9.78. The summed E-state index contributed by atoms with van der Waals surface area (Å²) in [5, 5.41) is 3.78. The molecule has 168 valence electrons. The highest BCUT2D eigenvalue weighted by atomic mass is 32.1. The van der Waals surface area contributed by atoms with E-state index in [9.17, 15) is 4.79 Å². The van der Waals surface area contributed by atoms with Gasteiger partial charge in [0.2, 0.25) is 0 Å². The number of rotatable bonds is 7. The molecule has 0 unspecified atom stereocenters. The van der Waals surface area contributed by atoms with Crippen molar-refractivity contribution in [1.82, 2.24) is 15.0 Å². The maximum absolute atomic E-state index is 13.3. The van der Waals surface area contributed by atoms with Crippen LogP contribution in [0, 0.1) is 0 Å². The summed E-state index contributed by atoms with van der Waals surface area (Å²) in [5.74, 6) is 0.192. The van der Waals surface area contributed by atoms with E-state index in [0.29, 0.717) is 30.3 Å². The lowest BCUT2D eigenvalue weighted by molar-refractivity contribution is 0.102. The van der Waals surface area contributed by atoms with Gasteiger partial charge in [0.05, 0.1) is 11.4 Å². The fourth-order valence-corrected chi connectivity index (χ4v) is 4.44. The lowest BCUT2D eigenvalue weighted by atomic mass is 10.1. The quantitative estimate of drug-likeness (QED) is 0.349. The van der Waals surface area contributed by atoms with Gasteiger partial charge in [-0.1, -0.05) is 53.8 Å². The summed E-state index contributed by atoms with van der Waals surface area (Å²) in [4.78, 5) is 27.8. The number of nitrogens with zero attached hydrogens (tertiary/aromatic N) is 3. The number of aromatic nitrogens is 3. The van der Waals surface area contributed by atoms with Crippen LogP contribution in [-0.4, -0.2) is 34.0 Å². The third-order valence-corrected chi connectivity index (χ3v) is 6.07. The Morgan fingerprint density at radius 1 is 0.971 bits per heavy atom. The molecule has 5 aromatic rings. The minimum atomic E-state index is -0.345. The topological polar surface area (TPSA) is 103 Å². The maximum atomic E-state index is 13.3. The van der Waals surface area contributed by atoms with Crippen LogP contribution in [0.15, 0.2) is 85.1 Å². The largest absolute Gasteiger partial charge is 0.492 e. The van der Waals surface area contributed by atoms with Crippen molar-refractivity contribution in [3.8, 4) is 27.6 Å². The van der Waals surface area contributed by atoms with Gasteiger partial charge in [-0.15, -0.1) is 0 Å². The average Bonchev–Trinajstić information content (AvgIpc) is 3.32. The zero-order valence-corrected chi connectivity index (χ0v) is 19.0. The van der Waals surface area contributed by atoms with E-state index in [1.807, 2.05) is 72.8 Å². The number of pyridine rings is 2. The molecule has 3 N–H and O–H groups in total. The number of thiazole rings is 1. The number of anilines is 1. The van der Waals surface area contributed by atoms with E-state index in [4.69, 9.17) is 10.5 Å². The van der Waals surface area contributed by atoms with Crippen LogP contribution in [0.4, 0.5) is 5.69 Å². The van der Waals surface area contributed by atoms with Crippen molar-refractivity contribution in [2.45, 2.75) is 0 Å². The summed E-state index contributed by atoms with van der Waals surface area (Å²) in [6.45, 7) is 0.711. The predicted molar refractivity (Wildman–Crippen MR) is 135 cm³/mol. The van der Waals surface area contributed by atoms with Gasteiger partial charge in [-0.05, 0) is 24.3 Å². The lowest BCUT2D eigenvalue weighted by Crippen LogP contribution is -2.16. The van der Waals surface area contributed by atoms with Gasteiger partial charge in [0, 0.05) is 36.0 Å². The molecule has 0 radical (unpaired) electrons. The van der Waals surface area contributed by atoms with Gasteiger partial charge in [0.1, 0.15) is 33.4 Å². The molecule has 7 nitrogen and oxygen atoms in total. The second-order valence-corrected chi connectivity index (χ2v) is 8.40. The van der Waals surface area contributed by atoms with Crippen LogP contribution in [0.3, 0.4) is 0 Å². The normalized spacial score (nSPS) is 10.9. The molecule has 0 fully saturated rings. The first-order valence-corrected chi connectivity index (χ1v) is 11.6. The number of hydrogen-bond acceptors (Lipinski definition) is 7. The Bertz CT molecular complexity index is 1420. The Labute approximate surface area is 200 Å². The highest BCUT2D eigenvalue weighted by molar-refractivity contribution is 7.21. The van der Waals surface area contributed by atoms with Crippen LogP contribution in [0.5, 0.6) is 5.75 Å². The van der Waals surface area contributed by atoms with Crippen LogP contribution < -0.4 is 15.8 Å². The van der Waals surface area contributed by atoms with E-state index >= 15 is 0 Å². The zero-order chi connectivity index (χ0) is 23.3. The Kier molecular flexibility index (Phi) is 6.24. The number of nitrogens with two attached hydrogens (primary N) is 1. The van der Waals surface area contributed by atoms with Crippen molar-refractivity contribution in [3.63, 3.8) is 0 Å². The molecule has 0 spiro atoms. The summed E-state index contributed by atoms with van der Waals surface area (Å²) in [7, 11) is 0. The first-order chi connectivity index (χ1) is 16.7. The minimum Gasteiger partial charge on any atom is -0.492 e. The van der Waals surface area contributed by atoms with E-state index in [0.717, 1.165) is 26.5 Å². The Morgan fingerprint density at radius 2 is 1.79 bits per heavy atom. The molecule has 34 heavy (non-hydrogen) atoms. The molecular formula is C26H21N5O2S. The van der Waals surface area contributed by atoms with Gasteiger partial charge in [-0.3, -0.25) is 4.79 Å². The number of ether oxygens (including phenoxy) is 1. The van der Waals surface area contributed by atoms with Gasteiger partial charge < -0.3 is 15.8 Å². The fraction of sp³-hybridized carbons (Fsp3) is 0.0769. The van der Waals surface area contributed by atoms with Crippen molar-refractivity contribution in [2.24, 2.45) is 5.73 Å². The number of nitrogens with one attached hydrogen (secondary N) is 1. The predicted octanol–water partition coefficient (Wildman–Crippen LogP) is 5.01. The lowest BCUT2D eigenvalue weighted by Gasteiger charge is -2.12. The molecular weight excluding hydrogens is 446 g/mol. The molecule has 0 saturated heterocycles. The number of carbonyl (C=O) groups is 1. The van der Waals surface area contributed by atoms with Gasteiger partial charge in [0.15, 0.2) is 0 Å². The van der Waals surface area contributed by atoms with Crippen LogP contribution in [0.2, 0.25) is 0 Å². The van der Waals surface area contributed by atoms with Crippen LogP contribution >= 0.6 is 11.3 Å². The molecule has 0 aliphatic rings. The van der Waals surface area contributed by atoms with E-state index in [2.05, 4.69) is 20.3 Å². The number of hydrogen-bond donors (Lipinski definition) is 2. The molecule has 0 saturated carbocycles. The molecule has 3 aromatic heterocycles. The molecule has 8 heteroatoms. The van der Waals surface area contributed by atoms with Crippen molar-refractivity contribution in [1.29, 1.82) is 0 Å². The van der Waals surface area contributed by atoms with Crippen LogP contribution in [0.1, 0.15) is 10.5 Å². The van der Waals surface area contributed by atoms with E-state index in [1.165, 1.54) is 11.3 Å². The second-order valence-electron chi connectivity index (χ2n) is 7.42. The minimum absolute atomic E-state index is 0.245. The maximum Gasteiger partial charge on any atom is 0.274 e. The first kappa shape index (κ1) is 21.7. The van der Waals surface area contributed by atoms with Crippen molar-refractivity contribution in [2.75, 3.05) is 18.5 Å². The molecule has 1 amide bonds. The summed E-state index contributed by atoms with van der Waals surface area (Å²) in [5.41, 5.74) is 9.65. The number of amides is 1. The van der Waals surface area contributed by atoms with Crippen molar-refractivity contribution >= 4 is 33.3 Å². The molecule has 2 aromatic carbocycles. The SMILES string of the molecule is NCCOc1cc(C(=O)Nc2ccccc2-c2nc3cccnc3s2)nc(-c2ccccc2)c1. The van der Waals surface area contributed by atoms with Crippen LogP contribution in [0.25, 0.3) is 32.2 Å². The Morgan fingerprint density at radius 3 is 2.62 bits per heavy atom. The Balaban J connectivity index is 1.49. The number of benzene rings is 2. The summed E-state index contributed by atoms with van der Waals surface area (Å²) in [6, 6.07) is 24.4. The van der Waals surface area contributed by atoms with Gasteiger partial charge in [-0.25, -0.2) is 15.0 Å². The summed E-state index contributed by atoms with van der Waals surface area (Å²) >= 11 is 1.48. The molecule has 0 aliphatic heterocycles. The summed E-state index contributed by atoms with van der Waals surface area (Å²) < 4.78 is 5.72. The standard InChI is InChI=1S/C26H21N5O2S/c27-12-14-33-18-15-22(17-7-2-1-3-8-17)29-23(16-18)24(32)30-20-10-5-4-9-19(20)25-31-21-11-6-13-28-26(21)34-25/h1-11,13,15-16H,12,14,27H2,(H,30,32). The molecule has 5 rings (SSSR count). The molecule has 0 bridgehead atoms.